The molecule has 1 aromatic rings. The third kappa shape index (κ3) is 8.06. The van der Waals surface area contributed by atoms with Crippen LogP contribution in [0.2, 0.25) is 0 Å². The van der Waals surface area contributed by atoms with Gasteiger partial charge in [-0.3, -0.25) is 14.8 Å². The van der Waals surface area contributed by atoms with Gasteiger partial charge < -0.3 is 14.4 Å². The summed E-state index contributed by atoms with van der Waals surface area (Å²) in [7, 11) is 1.78. The molecule has 0 amide bonds. The molecule has 2 unspecified atom stereocenters. The number of hydrogen-bond acceptors (Lipinski definition) is 6. The molecule has 1 fully saturated rings. The number of carbonyl (C=O) groups is 1. The molecule has 1 saturated heterocycles. The molecule has 41 heavy (non-hydrogen) atoms. The van der Waals surface area contributed by atoms with E-state index in [1.165, 1.54) is 5.57 Å². The van der Waals surface area contributed by atoms with Crippen molar-refractivity contribution in [3.05, 3.63) is 101 Å². The molecule has 1 heterocycles. The highest BCUT2D eigenvalue weighted by molar-refractivity contribution is 6.51. The lowest BCUT2D eigenvalue weighted by atomic mass is 9.97. The maximum absolute atomic E-state index is 13.1. The Morgan fingerprint density at radius 3 is 2.32 bits per heavy atom. The number of anilines is 1. The fourth-order valence-corrected chi connectivity index (χ4v) is 4.94. The minimum Gasteiger partial charge on any atom is -0.452 e. The van der Waals surface area contributed by atoms with Crippen molar-refractivity contribution in [2.24, 2.45) is 15.9 Å². The largest absolute Gasteiger partial charge is 0.452 e. The zero-order chi connectivity index (χ0) is 30.0. The fourth-order valence-electron chi connectivity index (χ4n) is 4.94. The van der Waals surface area contributed by atoms with Gasteiger partial charge in [-0.2, -0.15) is 0 Å². The van der Waals surface area contributed by atoms with Crippen LogP contribution in [0.15, 0.2) is 106 Å². The second kappa shape index (κ2) is 14.6. The van der Waals surface area contributed by atoms with Crippen LogP contribution in [0.4, 0.5) is 5.69 Å². The van der Waals surface area contributed by atoms with E-state index in [1.807, 2.05) is 55.5 Å². The SMILES string of the molecule is C=C1OC(C)(c2ccc(N(CC)CC)cc2)OC(=O)C1CC\C=C(C)/C=C(CN=C1C=CC=CC1=NC)\C(C)=C/C. The summed E-state index contributed by atoms with van der Waals surface area (Å²) >= 11 is 0. The fraction of sp³-hybridized carbons (Fsp3) is 0.400. The number of hydrogen-bond donors (Lipinski definition) is 0. The van der Waals surface area contributed by atoms with Crippen LogP contribution in [0.25, 0.3) is 0 Å². The predicted octanol–water partition coefficient (Wildman–Crippen LogP) is 7.67. The summed E-state index contributed by atoms with van der Waals surface area (Å²) in [6.07, 6.45) is 15.5. The lowest BCUT2D eigenvalue weighted by Crippen LogP contribution is -2.41. The number of ether oxygens (including phenoxy) is 2. The van der Waals surface area contributed by atoms with Crippen molar-refractivity contribution in [1.29, 1.82) is 0 Å². The molecule has 218 valence electrons. The second-order valence-corrected chi connectivity index (χ2v) is 10.4. The van der Waals surface area contributed by atoms with Crippen LogP contribution < -0.4 is 4.90 Å². The molecule has 1 aliphatic heterocycles. The van der Waals surface area contributed by atoms with Crippen molar-refractivity contribution in [2.75, 3.05) is 31.6 Å². The third-order valence-corrected chi connectivity index (χ3v) is 7.62. The van der Waals surface area contributed by atoms with E-state index in [2.05, 4.69) is 62.4 Å². The number of esters is 1. The smallest absolute Gasteiger partial charge is 0.320 e. The van der Waals surface area contributed by atoms with E-state index in [0.717, 1.165) is 46.9 Å². The number of rotatable bonds is 11. The van der Waals surface area contributed by atoms with Crippen molar-refractivity contribution in [3.8, 4) is 0 Å². The first-order valence-electron chi connectivity index (χ1n) is 14.5. The van der Waals surface area contributed by atoms with Crippen LogP contribution in [0.5, 0.6) is 0 Å². The average molecular weight is 556 g/mol. The van der Waals surface area contributed by atoms with Gasteiger partial charge in [0.05, 0.1) is 18.0 Å². The molecule has 0 saturated carbocycles. The lowest BCUT2D eigenvalue weighted by molar-refractivity contribution is -0.241. The maximum Gasteiger partial charge on any atom is 0.320 e. The van der Waals surface area contributed by atoms with Gasteiger partial charge in [0.1, 0.15) is 11.7 Å². The highest BCUT2D eigenvalue weighted by Crippen LogP contribution is 2.39. The summed E-state index contributed by atoms with van der Waals surface area (Å²) in [5, 5.41) is 0. The second-order valence-electron chi connectivity index (χ2n) is 10.4. The summed E-state index contributed by atoms with van der Waals surface area (Å²) in [4.78, 5) is 24.5. The van der Waals surface area contributed by atoms with E-state index in [4.69, 9.17) is 14.5 Å². The Hall–Kier alpha value is -3.93. The highest BCUT2D eigenvalue weighted by Gasteiger charge is 2.43. The molecule has 6 heteroatoms. The van der Waals surface area contributed by atoms with E-state index in [9.17, 15) is 4.79 Å². The van der Waals surface area contributed by atoms with E-state index < -0.39 is 11.7 Å². The van der Waals surface area contributed by atoms with Gasteiger partial charge in [-0.25, -0.2) is 0 Å². The van der Waals surface area contributed by atoms with Crippen molar-refractivity contribution < 1.29 is 14.3 Å². The number of nitrogens with zero attached hydrogens (tertiary/aromatic N) is 3. The van der Waals surface area contributed by atoms with Crippen molar-refractivity contribution in [1.82, 2.24) is 0 Å². The van der Waals surface area contributed by atoms with Gasteiger partial charge in [0.2, 0.25) is 0 Å². The monoisotopic (exact) mass is 555 g/mol. The van der Waals surface area contributed by atoms with Crippen LogP contribution in [-0.2, 0) is 20.1 Å². The van der Waals surface area contributed by atoms with Crippen molar-refractivity contribution >= 4 is 23.1 Å². The van der Waals surface area contributed by atoms with Gasteiger partial charge in [-0.15, -0.1) is 0 Å². The standard InChI is InChI=1S/C35H45N3O3/c1-9-26(5)28(24-37-33-18-13-12-17-32(33)36-8)23-25(4)15-14-16-31-27(6)40-35(7,41-34(31)39)29-19-21-30(22-20-29)38(10-2)11-3/h9,12-13,15,17-23,31H,6,10-11,14,16,24H2,1-5,7-8H3/b25-15-,26-9-,28-23-,36-32?,37-33?. The molecular formula is C35H45N3O3. The molecular weight excluding hydrogens is 510 g/mol. The summed E-state index contributed by atoms with van der Waals surface area (Å²) in [6.45, 7) is 18.7. The minimum absolute atomic E-state index is 0.303. The Balaban J connectivity index is 1.65. The third-order valence-electron chi connectivity index (χ3n) is 7.62. The number of cyclic esters (lactones) is 1. The number of aliphatic imine (C=N–C) groups is 2. The van der Waals surface area contributed by atoms with E-state index in [1.54, 1.807) is 14.0 Å². The van der Waals surface area contributed by atoms with Gasteiger partial charge in [-0.1, -0.05) is 48.1 Å². The first kappa shape index (κ1) is 31.6. The van der Waals surface area contributed by atoms with Gasteiger partial charge in [-0.05, 0) is 89.5 Å². The normalized spacial score (nSPS) is 23.7. The molecule has 0 N–H and O–H groups in total. The average Bonchev–Trinajstić information content (AvgIpc) is 2.97. The molecule has 3 rings (SSSR count). The van der Waals surface area contributed by atoms with Gasteiger partial charge in [0, 0.05) is 38.3 Å². The minimum atomic E-state index is -1.19. The van der Waals surface area contributed by atoms with Crippen LogP contribution in [-0.4, -0.2) is 44.1 Å². The Kier molecular flexibility index (Phi) is 11.3. The maximum atomic E-state index is 13.1. The first-order chi connectivity index (χ1) is 19.6. The zero-order valence-corrected chi connectivity index (χ0v) is 25.7. The Bertz CT molecular complexity index is 1300. The van der Waals surface area contributed by atoms with E-state index >= 15 is 0 Å². The molecule has 0 spiro atoms. The molecule has 0 radical (unpaired) electrons. The number of allylic oxidation sites excluding steroid dienone is 8. The zero-order valence-electron chi connectivity index (χ0n) is 25.7. The van der Waals surface area contributed by atoms with E-state index in [-0.39, 0.29) is 5.97 Å². The predicted molar refractivity (Wildman–Crippen MR) is 172 cm³/mol. The van der Waals surface area contributed by atoms with Gasteiger partial charge in [0.15, 0.2) is 0 Å². The van der Waals surface area contributed by atoms with Gasteiger partial charge in [0.25, 0.3) is 5.79 Å². The Labute approximate surface area is 246 Å². The van der Waals surface area contributed by atoms with Gasteiger partial charge >= 0.3 is 5.97 Å². The summed E-state index contributed by atoms with van der Waals surface area (Å²) in [5.41, 5.74) is 7.10. The highest BCUT2D eigenvalue weighted by atomic mass is 16.7. The Morgan fingerprint density at radius 1 is 1.07 bits per heavy atom. The quantitative estimate of drug-likeness (QED) is 0.160. The summed E-state index contributed by atoms with van der Waals surface area (Å²) < 4.78 is 12.0. The number of carbonyl (C=O) groups excluding carboxylic acids is 1. The van der Waals surface area contributed by atoms with E-state index in [0.29, 0.717) is 25.1 Å². The molecule has 2 aliphatic rings. The topological polar surface area (TPSA) is 63.5 Å². The lowest BCUT2D eigenvalue weighted by Gasteiger charge is -2.38. The van der Waals surface area contributed by atoms with Crippen molar-refractivity contribution in [3.63, 3.8) is 0 Å². The van der Waals surface area contributed by atoms with Crippen LogP contribution in [0.3, 0.4) is 0 Å². The van der Waals surface area contributed by atoms with Crippen LogP contribution in [0.1, 0.15) is 59.9 Å². The Morgan fingerprint density at radius 2 is 1.73 bits per heavy atom. The number of benzene rings is 1. The molecule has 1 aliphatic carbocycles. The van der Waals surface area contributed by atoms with Crippen LogP contribution >= 0.6 is 0 Å². The summed E-state index contributed by atoms with van der Waals surface area (Å²) in [5.74, 6) is -1.55. The van der Waals surface area contributed by atoms with Crippen LogP contribution in [0, 0.1) is 5.92 Å². The molecule has 1 aromatic carbocycles. The molecule has 2 atom stereocenters. The van der Waals surface area contributed by atoms with Crippen molar-refractivity contribution in [2.45, 2.75) is 60.2 Å². The summed E-state index contributed by atoms with van der Waals surface area (Å²) in [6, 6.07) is 7.99. The first-order valence-corrected chi connectivity index (χ1v) is 14.5. The molecule has 0 aromatic heterocycles. The molecule has 0 bridgehead atoms. The molecule has 6 nitrogen and oxygen atoms in total.